The lowest BCUT2D eigenvalue weighted by atomic mass is 9.94. The molecule has 8 heteroatoms. The van der Waals surface area contributed by atoms with Crippen LogP contribution in [-0.4, -0.2) is 40.5 Å². The Bertz CT molecular complexity index is 1120. The minimum Gasteiger partial charge on any atom is -0.490 e. The SMILES string of the molecule is CCOc1cc(/C=C2/C(=O)N(C3CCCCC3)C(=S)N2C)cc(I)c1OCc1ccccc1F. The summed E-state index contributed by atoms with van der Waals surface area (Å²) in [5.41, 5.74) is 1.84. The zero-order valence-corrected chi connectivity index (χ0v) is 22.3. The standard InChI is InChI=1S/C26H28FIN2O3S/c1-3-32-23-15-17(13-21(28)24(23)33-16-18-9-7-8-12-20(18)27)14-22-25(31)30(26(34)29(22)2)19-10-5-4-6-11-19/h7-9,12-15,19H,3-6,10-11,16H2,1-2H3/b22-14-. The molecule has 1 saturated heterocycles. The predicted octanol–water partition coefficient (Wildman–Crippen LogP) is 6.14. The first kappa shape index (κ1) is 24.9. The van der Waals surface area contributed by atoms with Gasteiger partial charge in [-0.05, 0) is 84.4 Å². The molecule has 0 unspecified atom stereocenters. The molecule has 2 aromatic carbocycles. The Labute approximate surface area is 219 Å². The monoisotopic (exact) mass is 594 g/mol. The Morgan fingerprint density at radius 1 is 1.18 bits per heavy atom. The highest BCUT2D eigenvalue weighted by atomic mass is 127. The van der Waals surface area contributed by atoms with Crippen LogP contribution in [0.15, 0.2) is 42.1 Å². The molecule has 0 aromatic heterocycles. The molecule has 2 aliphatic rings. The van der Waals surface area contributed by atoms with E-state index in [0.717, 1.165) is 34.8 Å². The number of halogens is 2. The maximum Gasteiger partial charge on any atom is 0.277 e. The lowest BCUT2D eigenvalue weighted by Crippen LogP contribution is -2.41. The summed E-state index contributed by atoms with van der Waals surface area (Å²) in [5.74, 6) is 0.751. The van der Waals surface area contributed by atoms with Crippen LogP contribution in [0.2, 0.25) is 0 Å². The van der Waals surface area contributed by atoms with Gasteiger partial charge >= 0.3 is 0 Å². The smallest absolute Gasteiger partial charge is 0.277 e. The van der Waals surface area contributed by atoms with Crippen molar-refractivity contribution in [2.75, 3.05) is 13.7 Å². The average Bonchev–Trinajstić information content (AvgIpc) is 3.03. The van der Waals surface area contributed by atoms with E-state index in [1.54, 1.807) is 28.0 Å². The van der Waals surface area contributed by atoms with Crippen LogP contribution in [0.5, 0.6) is 11.5 Å². The number of ether oxygens (including phenoxy) is 2. The molecule has 5 nitrogen and oxygen atoms in total. The summed E-state index contributed by atoms with van der Waals surface area (Å²) < 4.78 is 26.7. The number of thiocarbonyl (C=S) groups is 1. The fourth-order valence-electron chi connectivity index (χ4n) is 4.44. The van der Waals surface area contributed by atoms with E-state index in [1.807, 2.05) is 32.2 Å². The molecule has 1 heterocycles. The van der Waals surface area contributed by atoms with E-state index in [2.05, 4.69) is 22.6 Å². The predicted molar refractivity (Wildman–Crippen MR) is 143 cm³/mol. The molecule has 0 radical (unpaired) electrons. The Kier molecular flexibility index (Phi) is 8.08. The van der Waals surface area contributed by atoms with Crippen LogP contribution in [0.1, 0.15) is 50.2 Å². The number of amides is 1. The van der Waals surface area contributed by atoms with Gasteiger partial charge in [-0.25, -0.2) is 4.39 Å². The first-order valence-corrected chi connectivity index (χ1v) is 13.0. The third kappa shape index (κ3) is 5.22. The maximum absolute atomic E-state index is 14.0. The van der Waals surface area contributed by atoms with Crippen LogP contribution in [-0.2, 0) is 11.4 Å². The molecule has 0 spiro atoms. The molecule has 2 aromatic rings. The van der Waals surface area contributed by atoms with Crippen LogP contribution in [0.25, 0.3) is 6.08 Å². The summed E-state index contributed by atoms with van der Waals surface area (Å²) in [6.07, 6.45) is 7.31. The summed E-state index contributed by atoms with van der Waals surface area (Å²) in [6, 6.07) is 10.5. The molecule has 1 saturated carbocycles. The molecule has 0 bridgehead atoms. The largest absolute Gasteiger partial charge is 0.490 e. The van der Waals surface area contributed by atoms with Gasteiger partial charge in [0.1, 0.15) is 18.1 Å². The maximum atomic E-state index is 14.0. The van der Waals surface area contributed by atoms with Gasteiger partial charge in [0.25, 0.3) is 5.91 Å². The van der Waals surface area contributed by atoms with Crippen LogP contribution in [0.4, 0.5) is 4.39 Å². The molecule has 0 N–H and O–H groups in total. The fourth-order valence-corrected chi connectivity index (χ4v) is 5.55. The Morgan fingerprint density at radius 2 is 1.91 bits per heavy atom. The number of likely N-dealkylation sites (N-methyl/N-ethyl adjacent to an activating group) is 1. The van der Waals surface area contributed by atoms with E-state index in [-0.39, 0.29) is 24.4 Å². The van der Waals surface area contributed by atoms with Crippen molar-refractivity contribution in [3.8, 4) is 11.5 Å². The molecule has 34 heavy (non-hydrogen) atoms. The Morgan fingerprint density at radius 3 is 2.62 bits per heavy atom. The lowest BCUT2D eigenvalue weighted by molar-refractivity contribution is -0.124. The molecular weight excluding hydrogens is 566 g/mol. The minimum atomic E-state index is -0.307. The third-order valence-electron chi connectivity index (χ3n) is 6.20. The highest BCUT2D eigenvalue weighted by Gasteiger charge is 2.40. The minimum absolute atomic E-state index is 0.0488. The summed E-state index contributed by atoms with van der Waals surface area (Å²) in [4.78, 5) is 16.9. The van der Waals surface area contributed by atoms with Crippen molar-refractivity contribution >= 4 is 51.9 Å². The highest BCUT2D eigenvalue weighted by Crippen LogP contribution is 2.37. The number of carbonyl (C=O) groups is 1. The molecular formula is C26H28FIN2O3S. The second-order valence-electron chi connectivity index (χ2n) is 8.48. The number of nitrogens with zero attached hydrogens (tertiary/aromatic N) is 2. The van der Waals surface area contributed by atoms with E-state index in [9.17, 15) is 9.18 Å². The molecule has 0 atom stereocenters. The van der Waals surface area contributed by atoms with Crippen molar-refractivity contribution < 1.29 is 18.7 Å². The number of hydrogen-bond acceptors (Lipinski definition) is 4. The normalized spacial score (nSPS) is 18.2. The first-order chi connectivity index (χ1) is 16.4. The summed E-state index contributed by atoms with van der Waals surface area (Å²) in [5, 5.41) is 0.563. The number of carbonyl (C=O) groups excluding carboxylic acids is 1. The van der Waals surface area contributed by atoms with Crippen LogP contribution in [0.3, 0.4) is 0 Å². The van der Waals surface area contributed by atoms with Gasteiger partial charge in [-0.15, -0.1) is 0 Å². The van der Waals surface area contributed by atoms with Crippen LogP contribution < -0.4 is 9.47 Å². The fraction of sp³-hybridized carbons (Fsp3) is 0.385. The van der Waals surface area contributed by atoms with E-state index < -0.39 is 0 Å². The van der Waals surface area contributed by atoms with Gasteiger partial charge in [-0.2, -0.15) is 0 Å². The Hall–Kier alpha value is -2.20. The van der Waals surface area contributed by atoms with Crippen molar-refractivity contribution in [2.45, 2.75) is 51.7 Å². The first-order valence-electron chi connectivity index (χ1n) is 11.6. The van der Waals surface area contributed by atoms with E-state index in [4.69, 9.17) is 21.7 Å². The lowest BCUT2D eigenvalue weighted by Gasteiger charge is -2.30. The number of hydrogen-bond donors (Lipinski definition) is 0. The Balaban J connectivity index is 1.61. The molecule has 2 fully saturated rings. The van der Waals surface area contributed by atoms with Gasteiger partial charge in [0, 0.05) is 18.7 Å². The molecule has 1 amide bonds. The van der Waals surface area contributed by atoms with Crippen molar-refractivity contribution in [1.29, 1.82) is 0 Å². The van der Waals surface area contributed by atoms with Crippen molar-refractivity contribution in [3.63, 3.8) is 0 Å². The van der Waals surface area contributed by atoms with Crippen LogP contribution in [0, 0.1) is 9.39 Å². The summed E-state index contributed by atoms with van der Waals surface area (Å²) >= 11 is 7.81. The summed E-state index contributed by atoms with van der Waals surface area (Å²) in [7, 11) is 1.84. The molecule has 180 valence electrons. The van der Waals surface area contributed by atoms with Gasteiger partial charge in [-0.1, -0.05) is 37.5 Å². The quantitative estimate of drug-likeness (QED) is 0.219. The number of benzene rings is 2. The van der Waals surface area contributed by atoms with E-state index in [0.29, 0.717) is 34.5 Å². The van der Waals surface area contributed by atoms with Crippen LogP contribution >= 0.6 is 34.8 Å². The molecule has 1 aliphatic heterocycles. The van der Waals surface area contributed by atoms with Crippen molar-refractivity contribution in [1.82, 2.24) is 9.80 Å². The summed E-state index contributed by atoms with van der Waals surface area (Å²) in [6.45, 7) is 2.44. The topological polar surface area (TPSA) is 42.0 Å². The molecule has 1 aliphatic carbocycles. The van der Waals surface area contributed by atoms with E-state index >= 15 is 0 Å². The third-order valence-corrected chi connectivity index (χ3v) is 7.47. The second-order valence-corrected chi connectivity index (χ2v) is 10.0. The van der Waals surface area contributed by atoms with Crippen molar-refractivity contribution in [3.05, 3.63) is 62.6 Å². The highest BCUT2D eigenvalue weighted by molar-refractivity contribution is 14.1. The number of rotatable bonds is 7. The van der Waals surface area contributed by atoms with Gasteiger partial charge in [0.05, 0.1) is 10.2 Å². The van der Waals surface area contributed by atoms with E-state index in [1.165, 1.54) is 12.5 Å². The zero-order chi connectivity index (χ0) is 24.2. The van der Waals surface area contributed by atoms with Gasteiger partial charge in [0.2, 0.25) is 0 Å². The van der Waals surface area contributed by atoms with Crippen molar-refractivity contribution in [2.24, 2.45) is 0 Å². The zero-order valence-electron chi connectivity index (χ0n) is 19.4. The average molecular weight is 594 g/mol. The second kappa shape index (κ2) is 11.0. The molecule has 4 rings (SSSR count). The van der Waals surface area contributed by atoms with Gasteiger partial charge < -0.3 is 14.4 Å². The van der Waals surface area contributed by atoms with Gasteiger partial charge in [0.15, 0.2) is 16.6 Å². The van der Waals surface area contributed by atoms with Gasteiger partial charge in [-0.3, -0.25) is 9.69 Å².